The molecule has 8 heteroatoms. The van der Waals surface area contributed by atoms with Crippen LogP contribution < -0.4 is 0 Å². The van der Waals surface area contributed by atoms with E-state index >= 15 is 0 Å². The van der Waals surface area contributed by atoms with Gasteiger partial charge in [-0.3, -0.25) is 9.59 Å². The van der Waals surface area contributed by atoms with Gasteiger partial charge in [0.05, 0.1) is 37.1 Å². The van der Waals surface area contributed by atoms with E-state index in [0.29, 0.717) is 12.8 Å². The van der Waals surface area contributed by atoms with E-state index in [0.717, 1.165) is 44.7 Å². The zero-order valence-corrected chi connectivity index (χ0v) is 21.7. The molecular weight excluding hydrogens is 509 g/mol. The third-order valence-electron chi connectivity index (χ3n) is 5.32. The minimum atomic E-state index is -0.970. The first-order chi connectivity index (χ1) is 15.4. The highest BCUT2D eigenvalue weighted by atomic mass is 35.5. The summed E-state index contributed by atoms with van der Waals surface area (Å²) in [7, 11) is -0.218. The Morgan fingerprint density at radius 2 is 1.03 bits per heavy atom. The fourth-order valence-corrected chi connectivity index (χ4v) is 5.19. The van der Waals surface area contributed by atoms with Crippen LogP contribution in [0.15, 0.2) is 36.4 Å². The number of hydrogen-bond donors (Lipinski definition) is 0. The van der Waals surface area contributed by atoms with Gasteiger partial charge in [0.15, 0.2) is 11.6 Å². The molecule has 0 saturated heterocycles. The summed E-state index contributed by atoms with van der Waals surface area (Å²) < 4.78 is 10.5. The quantitative estimate of drug-likeness (QED) is 0.105. The Labute approximate surface area is 211 Å². The van der Waals surface area contributed by atoms with Crippen LogP contribution in [-0.4, -0.2) is 17.7 Å². The van der Waals surface area contributed by atoms with Crippen LogP contribution in [0.25, 0.3) is 0 Å². The molecule has 0 saturated carbocycles. The van der Waals surface area contributed by atoms with Gasteiger partial charge >= 0.3 is 8.46 Å². The van der Waals surface area contributed by atoms with E-state index in [1.807, 2.05) is 0 Å². The van der Waals surface area contributed by atoms with E-state index in [9.17, 15) is 14.2 Å². The van der Waals surface area contributed by atoms with Gasteiger partial charge in [-0.25, -0.2) is 0 Å². The van der Waals surface area contributed by atoms with Crippen LogP contribution in [0.3, 0.4) is 0 Å². The van der Waals surface area contributed by atoms with Crippen LogP contribution in [-0.2, 0) is 4.57 Å². The number of halogens is 4. The van der Waals surface area contributed by atoms with Gasteiger partial charge < -0.3 is 0 Å². The van der Waals surface area contributed by atoms with Crippen LogP contribution in [0.5, 0.6) is 0 Å². The topological polar surface area (TPSA) is 51.2 Å². The van der Waals surface area contributed by atoms with Crippen molar-refractivity contribution < 1.29 is 14.2 Å². The molecule has 2 aromatic carbocycles. The second-order valence-electron chi connectivity index (χ2n) is 7.63. The van der Waals surface area contributed by atoms with Crippen molar-refractivity contribution in [2.75, 3.05) is 6.16 Å². The summed E-state index contributed by atoms with van der Waals surface area (Å²) >= 11 is 25.0. The number of carbonyl (C=O) groups is 2. The molecule has 0 N–H and O–H groups in total. The minimum Gasteiger partial charge on any atom is -0.293 e. The largest absolute Gasteiger partial charge is 0.324 e. The second-order valence-corrected chi connectivity index (χ2v) is 10.0. The maximum Gasteiger partial charge on any atom is 0.324 e. The lowest BCUT2D eigenvalue weighted by molar-refractivity contribution is 0.0797. The molecule has 2 rings (SSSR count). The average molecular weight is 535 g/mol. The maximum absolute atomic E-state index is 13.4. The Kier molecular flexibility index (Phi) is 12.2. The van der Waals surface area contributed by atoms with Gasteiger partial charge in [-0.15, -0.1) is 0 Å². The molecule has 0 heterocycles. The van der Waals surface area contributed by atoms with Crippen molar-refractivity contribution in [2.45, 2.75) is 51.4 Å². The Balaban J connectivity index is 2.13. The van der Waals surface area contributed by atoms with Crippen LogP contribution in [0.4, 0.5) is 0 Å². The Morgan fingerprint density at radius 1 is 0.656 bits per heavy atom. The molecular formula is C24H26Cl4O3P+. The van der Waals surface area contributed by atoms with E-state index in [2.05, 4.69) is 0 Å². The summed E-state index contributed by atoms with van der Waals surface area (Å²) in [6, 6.07) is 9.63. The minimum absolute atomic E-state index is 0.149. The standard InChI is InChI=1S/C24H25Cl4O3P/c25-17-11-8-12-18(26)21(17)23(29)16(10-6-4-2-1-3-5-7-15-32-31)24(30)22-19(27)13-9-14-20(22)28/h8-9,11-14,16H,1-7,10,15H2/p+1. The van der Waals surface area contributed by atoms with Gasteiger partial charge in [-0.1, -0.05) is 95.2 Å². The Hall–Kier alpha value is -0.960. The normalized spacial score (nSPS) is 11.3. The zero-order valence-electron chi connectivity index (χ0n) is 17.6. The number of benzene rings is 2. The number of rotatable bonds is 14. The SMILES string of the molecule is O=[PH+]CCCCCCCCCC(C(=O)c1c(Cl)cccc1Cl)C(=O)c1c(Cl)cccc1Cl. The summed E-state index contributed by atoms with van der Waals surface area (Å²) in [5, 5.41) is 0.849. The molecule has 2 aromatic rings. The van der Waals surface area contributed by atoms with E-state index in [1.165, 1.54) is 0 Å². The molecule has 3 nitrogen and oxygen atoms in total. The van der Waals surface area contributed by atoms with Crippen molar-refractivity contribution in [3.63, 3.8) is 0 Å². The Bertz CT molecular complexity index is 845. The molecule has 0 fully saturated rings. The molecule has 0 amide bonds. The molecule has 0 bridgehead atoms. The molecule has 0 radical (unpaired) electrons. The summed E-state index contributed by atoms with van der Waals surface area (Å²) in [5.41, 5.74) is 0.299. The van der Waals surface area contributed by atoms with Gasteiger partial charge in [0.2, 0.25) is 0 Å². The first-order valence-electron chi connectivity index (χ1n) is 10.7. The fraction of sp³-hybridized carbons (Fsp3) is 0.417. The number of hydrogen-bond acceptors (Lipinski definition) is 3. The molecule has 0 aliphatic rings. The van der Waals surface area contributed by atoms with Crippen molar-refractivity contribution in [1.82, 2.24) is 0 Å². The van der Waals surface area contributed by atoms with Crippen molar-refractivity contribution in [2.24, 2.45) is 5.92 Å². The number of unbranched alkanes of at least 4 members (excludes halogenated alkanes) is 6. The fourth-order valence-electron chi connectivity index (χ4n) is 3.63. The Morgan fingerprint density at radius 3 is 1.44 bits per heavy atom. The van der Waals surface area contributed by atoms with Crippen molar-refractivity contribution in [3.8, 4) is 0 Å². The highest BCUT2D eigenvalue weighted by Crippen LogP contribution is 2.33. The lowest BCUT2D eigenvalue weighted by atomic mass is 9.85. The average Bonchev–Trinajstić information content (AvgIpc) is 2.74. The summed E-state index contributed by atoms with van der Waals surface area (Å²) in [6.07, 6.45) is 7.96. The monoisotopic (exact) mass is 533 g/mol. The zero-order chi connectivity index (χ0) is 23.5. The highest BCUT2D eigenvalue weighted by molar-refractivity contribution is 7.23. The number of Topliss-reactive ketones (excluding diaryl/α,β-unsaturated/α-hetero) is 2. The lowest BCUT2D eigenvalue weighted by Gasteiger charge is -2.18. The summed E-state index contributed by atoms with van der Waals surface area (Å²) in [4.78, 5) is 26.8. The second kappa shape index (κ2) is 14.3. The smallest absolute Gasteiger partial charge is 0.293 e. The molecule has 0 aliphatic carbocycles. The summed E-state index contributed by atoms with van der Waals surface area (Å²) in [6.45, 7) is 0. The molecule has 0 aromatic heterocycles. The molecule has 32 heavy (non-hydrogen) atoms. The summed E-state index contributed by atoms with van der Waals surface area (Å²) in [5.74, 6) is -1.80. The molecule has 0 aliphatic heterocycles. The number of ketones is 2. The number of carbonyl (C=O) groups excluding carboxylic acids is 2. The van der Waals surface area contributed by atoms with Gasteiger partial charge in [0.25, 0.3) is 0 Å². The van der Waals surface area contributed by atoms with Gasteiger partial charge in [0, 0.05) is 0 Å². The van der Waals surface area contributed by atoms with Crippen LogP contribution >= 0.6 is 54.9 Å². The third kappa shape index (κ3) is 7.82. The van der Waals surface area contributed by atoms with E-state index in [-0.39, 0.29) is 39.7 Å². The predicted molar refractivity (Wildman–Crippen MR) is 136 cm³/mol. The van der Waals surface area contributed by atoms with E-state index in [4.69, 9.17) is 46.4 Å². The van der Waals surface area contributed by atoms with Crippen molar-refractivity contribution in [1.29, 1.82) is 0 Å². The van der Waals surface area contributed by atoms with E-state index < -0.39 is 17.5 Å². The maximum atomic E-state index is 13.4. The lowest BCUT2D eigenvalue weighted by Crippen LogP contribution is -2.26. The van der Waals surface area contributed by atoms with Crippen molar-refractivity contribution in [3.05, 3.63) is 67.6 Å². The third-order valence-corrected chi connectivity index (χ3v) is 7.14. The van der Waals surface area contributed by atoms with Crippen LogP contribution in [0.2, 0.25) is 20.1 Å². The molecule has 1 atom stereocenters. The molecule has 0 spiro atoms. The van der Waals surface area contributed by atoms with Crippen molar-refractivity contribution >= 4 is 66.4 Å². The van der Waals surface area contributed by atoms with Gasteiger partial charge in [-0.05, 0) is 43.5 Å². The van der Waals surface area contributed by atoms with Crippen LogP contribution in [0.1, 0.15) is 72.1 Å². The van der Waals surface area contributed by atoms with Gasteiger partial charge in [-0.2, -0.15) is 0 Å². The highest BCUT2D eigenvalue weighted by Gasteiger charge is 2.32. The predicted octanol–water partition coefficient (Wildman–Crippen LogP) is 9.13. The molecule has 172 valence electrons. The van der Waals surface area contributed by atoms with Crippen LogP contribution in [0, 0.1) is 5.92 Å². The first-order valence-corrected chi connectivity index (χ1v) is 13.3. The molecule has 1 unspecified atom stereocenters. The van der Waals surface area contributed by atoms with E-state index in [1.54, 1.807) is 36.4 Å². The van der Waals surface area contributed by atoms with Gasteiger partial charge in [0.1, 0.15) is 6.16 Å². The first kappa shape index (κ1) is 27.3.